The van der Waals surface area contributed by atoms with Crippen LogP contribution in [0.5, 0.6) is 0 Å². The highest BCUT2D eigenvalue weighted by molar-refractivity contribution is 6.31. The standard InChI is InChI=1S/C16H12ClFN4O3/c1-9-19-16(25-21-9)13-3-2-4-15(24)22(13)8-14(23)20-10-5-6-12(18)11(17)7-10/h2-7H,8H2,1H3,(H,20,23). The molecule has 0 spiro atoms. The fourth-order valence-corrected chi connectivity index (χ4v) is 2.37. The SMILES string of the molecule is Cc1noc(-c2cccc(=O)n2CC(=O)Nc2ccc(F)c(Cl)c2)n1. The third kappa shape index (κ3) is 3.74. The van der Waals surface area contributed by atoms with E-state index >= 15 is 0 Å². The first-order valence-corrected chi connectivity index (χ1v) is 7.57. The summed E-state index contributed by atoms with van der Waals surface area (Å²) in [5, 5.41) is 6.12. The predicted molar refractivity (Wildman–Crippen MR) is 88.8 cm³/mol. The summed E-state index contributed by atoms with van der Waals surface area (Å²) in [4.78, 5) is 28.4. The molecule has 0 saturated carbocycles. The van der Waals surface area contributed by atoms with Crippen molar-refractivity contribution in [3.63, 3.8) is 0 Å². The second-order valence-corrected chi connectivity index (χ2v) is 5.57. The molecule has 9 heteroatoms. The number of benzene rings is 1. The van der Waals surface area contributed by atoms with Crippen LogP contribution in [-0.2, 0) is 11.3 Å². The first-order valence-electron chi connectivity index (χ1n) is 7.19. The van der Waals surface area contributed by atoms with E-state index < -0.39 is 17.3 Å². The van der Waals surface area contributed by atoms with Gasteiger partial charge in [-0.3, -0.25) is 14.2 Å². The van der Waals surface area contributed by atoms with Crippen LogP contribution in [0.1, 0.15) is 5.82 Å². The van der Waals surface area contributed by atoms with Crippen LogP contribution >= 0.6 is 11.6 Å². The molecule has 7 nitrogen and oxygen atoms in total. The summed E-state index contributed by atoms with van der Waals surface area (Å²) in [7, 11) is 0. The van der Waals surface area contributed by atoms with Crippen molar-refractivity contribution >= 4 is 23.2 Å². The summed E-state index contributed by atoms with van der Waals surface area (Å²) < 4.78 is 19.4. The highest BCUT2D eigenvalue weighted by Crippen LogP contribution is 2.20. The molecule has 2 heterocycles. The molecule has 0 aliphatic heterocycles. The first-order chi connectivity index (χ1) is 11.9. The number of halogens is 2. The Morgan fingerprint density at radius 3 is 2.84 bits per heavy atom. The Morgan fingerprint density at radius 2 is 2.16 bits per heavy atom. The summed E-state index contributed by atoms with van der Waals surface area (Å²) in [6, 6.07) is 8.23. The van der Waals surface area contributed by atoms with Crippen LogP contribution in [0.3, 0.4) is 0 Å². The predicted octanol–water partition coefficient (Wildman–Crippen LogP) is 2.64. The van der Waals surface area contributed by atoms with Crippen LogP contribution in [0.25, 0.3) is 11.6 Å². The van der Waals surface area contributed by atoms with Gasteiger partial charge in [-0.2, -0.15) is 4.98 Å². The molecule has 1 N–H and O–H groups in total. The zero-order valence-electron chi connectivity index (χ0n) is 13.0. The van der Waals surface area contributed by atoms with Crippen LogP contribution in [0, 0.1) is 12.7 Å². The maximum absolute atomic E-state index is 13.2. The van der Waals surface area contributed by atoms with Crippen molar-refractivity contribution < 1.29 is 13.7 Å². The summed E-state index contributed by atoms with van der Waals surface area (Å²) in [6.07, 6.45) is 0. The Hall–Kier alpha value is -3.00. The van der Waals surface area contributed by atoms with E-state index in [1.165, 1.54) is 28.8 Å². The Bertz CT molecular complexity index is 999. The Kier molecular flexibility index (Phi) is 4.62. The van der Waals surface area contributed by atoms with Gasteiger partial charge in [0.1, 0.15) is 18.1 Å². The molecule has 1 amide bonds. The molecule has 0 atom stereocenters. The molecule has 0 fully saturated rings. The van der Waals surface area contributed by atoms with Crippen LogP contribution in [0.2, 0.25) is 5.02 Å². The van der Waals surface area contributed by atoms with Crippen molar-refractivity contribution in [3.05, 3.63) is 63.4 Å². The summed E-state index contributed by atoms with van der Waals surface area (Å²) in [5.41, 5.74) is 0.233. The van der Waals surface area contributed by atoms with Crippen molar-refractivity contribution in [1.82, 2.24) is 14.7 Å². The summed E-state index contributed by atoms with van der Waals surface area (Å²) >= 11 is 5.68. The number of nitrogens with one attached hydrogen (secondary N) is 1. The van der Waals surface area contributed by atoms with Gasteiger partial charge in [-0.05, 0) is 31.2 Å². The molecule has 0 radical (unpaired) electrons. The molecule has 128 valence electrons. The van der Waals surface area contributed by atoms with Crippen molar-refractivity contribution in [3.8, 4) is 11.6 Å². The number of carbonyl (C=O) groups is 1. The number of anilines is 1. The van der Waals surface area contributed by atoms with E-state index in [4.69, 9.17) is 16.1 Å². The number of carbonyl (C=O) groups excluding carboxylic acids is 1. The third-order valence-electron chi connectivity index (χ3n) is 3.30. The smallest absolute Gasteiger partial charge is 0.274 e. The minimum absolute atomic E-state index is 0.114. The largest absolute Gasteiger partial charge is 0.332 e. The minimum atomic E-state index is -0.590. The van der Waals surface area contributed by atoms with Gasteiger partial charge >= 0.3 is 0 Å². The van der Waals surface area contributed by atoms with Crippen molar-refractivity contribution in [2.75, 3.05) is 5.32 Å². The lowest BCUT2D eigenvalue weighted by Crippen LogP contribution is -2.28. The lowest BCUT2D eigenvalue weighted by atomic mass is 10.3. The van der Waals surface area contributed by atoms with E-state index in [2.05, 4.69) is 15.5 Å². The number of aromatic nitrogens is 3. The number of hydrogen-bond donors (Lipinski definition) is 1. The van der Waals surface area contributed by atoms with Crippen molar-refractivity contribution in [2.24, 2.45) is 0 Å². The average Bonchev–Trinajstić information content (AvgIpc) is 2.99. The number of rotatable bonds is 4. The van der Waals surface area contributed by atoms with Gasteiger partial charge < -0.3 is 9.84 Å². The number of amides is 1. The normalized spacial score (nSPS) is 10.7. The van der Waals surface area contributed by atoms with Gasteiger partial charge in [-0.15, -0.1) is 0 Å². The maximum atomic E-state index is 13.2. The van der Waals surface area contributed by atoms with Crippen LogP contribution in [0.4, 0.5) is 10.1 Å². The lowest BCUT2D eigenvalue weighted by Gasteiger charge is -2.10. The fourth-order valence-electron chi connectivity index (χ4n) is 2.19. The first kappa shape index (κ1) is 16.8. The number of hydrogen-bond acceptors (Lipinski definition) is 5. The quantitative estimate of drug-likeness (QED) is 0.770. The van der Waals surface area contributed by atoms with Gasteiger partial charge in [-0.25, -0.2) is 4.39 Å². The van der Waals surface area contributed by atoms with Crippen LogP contribution in [0.15, 0.2) is 45.7 Å². The molecule has 0 bridgehead atoms. The molecular weight excluding hydrogens is 351 g/mol. The van der Waals surface area contributed by atoms with E-state index in [1.54, 1.807) is 13.0 Å². The minimum Gasteiger partial charge on any atom is -0.332 e. The number of aryl methyl sites for hydroxylation is 1. The Labute approximate surface area is 146 Å². The van der Waals surface area contributed by atoms with E-state index in [0.717, 1.165) is 6.07 Å². The molecule has 2 aromatic heterocycles. The Balaban J connectivity index is 1.86. The molecule has 3 aromatic rings. The molecule has 0 unspecified atom stereocenters. The molecule has 25 heavy (non-hydrogen) atoms. The second-order valence-electron chi connectivity index (χ2n) is 5.16. The molecule has 1 aromatic carbocycles. The van der Waals surface area contributed by atoms with Gasteiger partial charge in [0.15, 0.2) is 5.82 Å². The maximum Gasteiger partial charge on any atom is 0.274 e. The highest BCUT2D eigenvalue weighted by Gasteiger charge is 2.15. The summed E-state index contributed by atoms with van der Waals surface area (Å²) in [5.74, 6) is -0.544. The molecular formula is C16H12ClFN4O3. The zero-order valence-corrected chi connectivity index (χ0v) is 13.7. The summed E-state index contributed by atoms with van der Waals surface area (Å²) in [6.45, 7) is 1.36. The van der Waals surface area contributed by atoms with E-state index in [-0.39, 0.29) is 17.5 Å². The highest BCUT2D eigenvalue weighted by atomic mass is 35.5. The van der Waals surface area contributed by atoms with Gasteiger partial charge in [0.2, 0.25) is 5.91 Å². The molecule has 0 aliphatic carbocycles. The fraction of sp³-hybridized carbons (Fsp3) is 0.125. The number of nitrogens with zero attached hydrogens (tertiary/aromatic N) is 3. The average molecular weight is 363 g/mol. The monoisotopic (exact) mass is 362 g/mol. The van der Waals surface area contributed by atoms with Crippen molar-refractivity contribution in [1.29, 1.82) is 0 Å². The third-order valence-corrected chi connectivity index (χ3v) is 3.59. The van der Waals surface area contributed by atoms with E-state index in [9.17, 15) is 14.0 Å². The van der Waals surface area contributed by atoms with E-state index in [0.29, 0.717) is 17.2 Å². The Morgan fingerprint density at radius 1 is 1.36 bits per heavy atom. The topological polar surface area (TPSA) is 90.0 Å². The molecule has 3 rings (SSSR count). The number of pyridine rings is 1. The van der Waals surface area contributed by atoms with Gasteiger partial charge in [0.25, 0.3) is 11.4 Å². The van der Waals surface area contributed by atoms with E-state index in [1.807, 2.05) is 0 Å². The van der Waals surface area contributed by atoms with Gasteiger partial charge in [0, 0.05) is 11.8 Å². The van der Waals surface area contributed by atoms with Crippen molar-refractivity contribution in [2.45, 2.75) is 13.5 Å². The second kappa shape index (κ2) is 6.86. The van der Waals surface area contributed by atoms with Crippen LogP contribution < -0.4 is 10.9 Å². The molecule has 0 aliphatic rings. The van der Waals surface area contributed by atoms with Gasteiger partial charge in [0.05, 0.1) is 5.02 Å². The molecule has 0 saturated heterocycles. The zero-order chi connectivity index (χ0) is 18.0. The van der Waals surface area contributed by atoms with Crippen LogP contribution in [-0.4, -0.2) is 20.6 Å². The van der Waals surface area contributed by atoms with Gasteiger partial charge in [-0.1, -0.05) is 22.8 Å². The lowest BCUT2D eigenvalue weighted by molar-refractivity contribution is -0.116.